The van der Waals surface area contributed by atoms with Crippen molar-refractivity contribution in [3.8, 4) is 5.75 Å². The van der Waals surface area contributed by atoms with Gasteiger partial charge in [-0.05, 0) is 58.9 Å². The summed E-state index contributed by atoms with van der Waals surface area (Å²) in [5.41, 5.74) is 3.98. The second-order valence-corrected chi connectivity index (χ2v) is 9.97. The summed E-state index contributed by atoms with van der Waals surface area (Å²) < 4.78 is 45.8. The van der Waals surface area contributed by atoms with Crippen LogP contribution in [0.4, 0.5) is 18.9 Å². The van der Waals surface area contributed by atoms with E-state index in [1.165, 1.54) is 12.1 Å². The van der Waals surface area contributed by atoms with Crippen molar-refractivity contribution in [2.24, 2.45) is 5.41 Å². The minimum absolute atomic E-state index is 0.0383. The molecule has 0 aromatic heterocycles. The highest BCUT2D eigenvalue weighted by atomic mass is 19.3. The second-order valence-electron chi connectivity index (χ2n) is 9.97. The molecule has 0 bridgehead atoms. The lowest BCUT2D eigenvalue weighted by Gasteiger charge is -2.40. The Kier molecular flexibility index (Phi) is 5.23. The zero-order chi connectivity index (χ0) is 24.3. The summed E-state index contributed by atoms with van der Waals surface area (Å²) in [5.74, 6) is -0.111. The summed E-state index contributed by atoms with van der Waals surface area (Å²) in [6, 6.07) is 17.8. The topological polar surface area (TPSA) is 38.3 Å². The van der Waals surface area contributed by atoms with Crippen LogP contribution in [-0.2, 0) is 4.79 Å². The fourth-order valence-electron chi connectivity index (χ4n) is 5.08. The number of carbonyl (C=O) groups is 1. The van der Waals surface area contributed by atoms with E-state index >= 15 is 0 Å². The number of ketones is 1. The van der Waals surface area contributed by atoms with Crippen molar-refractivity contribution in [2.45, 2.75) is 51.9 Å². The van der Waals surface area contributed by atoms with Crippen molar-refractivity contribution in [1.82, 2.24) is 0 Å². The molecule has 0 saturated carbocycles. The molecule has 0 radical (unpaired) electrons. The lowest BCUT2D eigenvalue weighted by Crippen LogP contribution is -2.34. The Balaban J connectivity index is 1.66. The summed E-state index contributed by atoms with van der Waals surface area (Å²) in [6.45, 7) is 4.93. The van der Waals surface area contributed by atoms with Gasteiger partial charge in [-0.1, -0.05) is 56.3 Å². The maximum absolute atomic E-state index is 13.9. The molecule has 0 saturated heterocycles. The van der Waals surface area contributed by atoms with Crippen molar-refractivity contribution in [3.05, 3.63) is 77.4 Å². The first-order chi connectivity index (χ1) is 16.1. The minimum Gasteiger partial charge on any atom is -0.430 e. The van der Waals surface area contributed by atoms with Crippen LogP contribution in [0.5, 0.6) is 5.75 Å². The van der Waals surface area contributed by atoms with Crippen LogP contribution in [0.15, 0.2) is 66.2 Å². The molecule has 3 aromatic carbocycles. The number of halogens is 3. The quantitative estimate of drug-likeness (QED) is 0.434. The zero-order valence-electron chi connectivity index (χ0n) is 19.3. The smallest absolute Gasteiger partial charge is 0.429 e. The molecule has 1 heterocycles. The van der Waals surface area contributed by atoms with Crippen LogP contribution in [0.2, 0.25) is 0 Å². The van der Waals surface area contributed by atoms with Crippen LogP contribution in [0.25, 0.3) is 16.3 Å². The third kappa shape index (κ3) is 3.85. The van der Waals surface area contributed by atoms with Gasteiger partial charge in [0.05, 0.1) is 6.04 Å². The van der Waals surface area contributed by atoms with Crippen LogP contribution in [0.1, 0.15) is 50.8 Å². The first-order valence-corrected chi connectivity index (χ1v) is 11.4. The molecule has 1 N–H and O–H groups in total. The molecule has 3 aromatic rings. The van der Waals surface area contributed by atoms with Gasteiger partial charge in [0.1, 0.15) is 5.75 Å². The van der Waals surface area contributed by atoms with Gasteiger partial charge in [-0.15, -0.1) is 0 Å². The van der Waals surface area contributed by atoms with Crippen LogP contribution in [0.3, 0.4) is 0 Å². The number of hydrogen-bond acceptors (Lipinski definition) is 3. The van der Waals surface area contributed by atoms with E-state index in [0.29, 0.717) is 17.6 Å². The van der Waals surface area contributed by atoms with Gasteiger partial charge >= 0.3 is 6.11 Å². The van der Waals surface area contributed by atoms with Gasteiger partial charge in [0.25, 0.3) is 0 Å². The SMILES string of the molecule is CC(F)C(F)(F)Oc1cccc(C2Nc3ccc4ccccc4c3C3=C2C(=O)CC(C)(C)C3)c1. The Hall–Kier alpha value is -3.28. The van der Waals surface area contributed by atoms with Gasteiger partial charge in [0.15, 0.2) is 5.78 Å². The van der Waals surface area contributed by atoms with Crippen LogP contribution < -0.4 is 10.1 Å². The molecular formula is C28H26F3NO2. The Labute approximate surface area is 196 Å². The van der Waals surface area contributed by atoms with Crippen molar-refractivity contribution in [2.75, 3.05) is 5.32 Å². The molecule has 0 amide bonds. The monoisotopic (exact) mass is 465 g/mol. The highest BCUT2D eigenvalue weighted by molar-refractivity contribution is 6.12. The number of hydrogen-bond donors (Lipinski definition) is 1. The maximum atomic E-state index is 13.9. The van der Waals surface area contributed by atoms with Crippen LogP contribution in [-0.4, -0.2) is 18.1 Å². The molecule has 0 fully saturated rings. The van der Waals surface area contributed by atoms with Crippen LogP contribution >= 0.6 is 0 Å². The second kappa shape index (κ2) is 7.90. The highest BCUT2D eigenvalue weighted by Crippen LogP contribution is 2.52. The molecular weight excluding hydrogens is 439 g/mol. The number of fused-ring (bicyclic) bond motifs is 4. The summed E-state index contributed by atoms with van der Waals surface area (Å²) in [5, 5.41) is 5.63. The zero-order valence-corrected chi connectivity index (χ0v) is 19.3. The van der Waals surface area contributed by atoms with Gasteiger partial charge in [-0.3, -0.25) is 4.79 Å². The molecule has 2 unspecified atom stereocenters. The maximum Gasteiger partial charge on any atom is 0.429 e. The fourth-order valence-corrected chi connectivity index (χ4v) is 5.08. The number of ether oxygens (including phenoxy) is 1. The van der Waals surface area contributed by atoms with Crippen molar-refractivity contribution in [3.63, 3.8) is 0 Å². The fraction of sp³-hybridized carbons (Fsp3) is 0.321. The standard InChI is InChI=1S/C28H26F3NO2/c1-16(29)28(30,31)34-19-9-6-8-18(13-19)26-25-21(14-27(2,3)15-23(25)33)24-20-10-5-4-7-17(20)11-12-22(24)32-26/h4-13,16,26,32H,14-15H2,1-3H3. The van der Waals surface area contributed by atoms with Gasteiger partial charge in [-0.25, -0.2) is 4.39 Å². The molecule has 2 atom stereocenters. The average molecular weight is 466 g/mol. The number of Topliss-reactive ketones (excluding diaryl/α,β-unsaturated/α-hetero) is 1. The van der Waals surface area contributed by atoms with E-state index in [1.807, 2.05) is 30.3 Å². The summed E-state index contributed by atoms with van der Waals surface area (Å²) in [6.07, 6.45) is -5.28. The molecule has 0 spiro atoms. The van der Waals surface area contributed by atoms with E-state index in [-0.39, 0.29) is 16.9 Å². The number of allylic oxidation sites excluding steroid dienone is 1. The normalized spacial score (nSPS) is 20.4. The van der Waals surface area contributed by atoms with Gasteiger partial charge in [-0.2, -0.15) is 8.78 Å². The van der Waals surface area contributed by atoms with Crippen molar-refractivity contribution < 1.29 is 22.7 Å². The van der Waals surface area contributed by atoms with Crippen molar-refractivity contribution >= 4 is 27.8 Å². The Morgan fingerprint density at radius 3 is 2.59 bits per heavy atom. The number of rotatable bonds is 4. The first kappa shape index (κ1) is 22.5. The number of anilines is 1. The molecule has 5 rings (SSSR count). The van der Waals surface area contributed by atoms with Gasteiger partial charge in [0, 0.05) is 23.2 Å². The minimum atomic E-state index is -3.95. The first-order valence-electron chi connectivity index (χ1n) is 11.4. The highest BCUT2D eigenvalue weighted by Gasteiger charge is 2.42. The Morgan fingerprint density at radius 1 is 1.06 bits per heavy atom. The molecule has 1 aliphatic heterocycles. The number of benzene rings is 3. The Morgan fingerprint density at radius 2 is 1.82 bits per heavy atom. The van der Waals surface area contributed by atoms with E-state index in [4.69, 9.17) is 0 Å². The Bertz CT molecular complexity index is 1330. The lowest BCUT2D eigenvalue weighted by atomic mass is 9.68. The summed E-state index contributed by atoms with van der Waals surface area (Å²) in [7, 11) is 0. The number of alkyl halides is 3. The summed E-state index contributed by atoms with van der Waals surface area (Å²) in [4.78, 5) is 13.5. The van der Waals surface area contributed by atoms with E-state index in [1.54, 1.807) is 12.1 Å². The molecule has 3 nitrogen and oxygen atoms in total. The largest absolute Gasteiger partial charge is 0.430 e. The van der Waals surface area contributed by atoms with E-state index in [2.05, 4.69) is 30.0 Å². The summed E-state index contributed by atoms with van der Waals surface area (Å²) >= 11 is 0. The number of nitrogens with one attached hydrogen (secondary N) is 1. The van der Waals surface area contributed by atoms with Crippen LogP contribution in [0, 0.1) is 5.41 Å². The third-order valence-corrected chi connectivity index (χ3v) is 6.65. The van der Waals surface area contributed by atoms with E-state index in [0.717, 1.165) is 40.9 Å². The average Bonchev–Trinajstić information content (AvgIpc) is 2.77. The molecule has 176 valence electrons. The van der Waals surface area contributed by atoms with Crippen molar-refractivity contribution in [1.29, 1.82) is 0 Å². The predicted octanol–water partition coefficient (Wildman–Crippen LogP) is 7.48. The molecule has 2 aliphatic rings. The molecule has 1 aliphatic carbocycles. The third-order valence-electron chi connectivity index (χ3n) is 6.65. The number of carbonyl (C=O) groups excluding carboxylic acids is 1. The van der Waals surface area contributed by atoms with E-state index in [9.17, 15) is 18.0 Å². The van der Waals surface area contributed by atoms with E-state index < -0.39 is 18.3 Å². The van der Waals surface area contributed by atoms with Gasteiger partial charge in [0.2, 0.25) is 6.17 Å². The van der Waals surface area contributed by atoms with Gasteiger partial charge < -0.3 is 10.1 Å². The lowest BCUT2D eigenvalue weighted by molar-refractivity contribution is -0.215. The molecule has 34 heavy (non-hydrogen) atoms. The molecule has 6 heteroatoms. The predicted molar refractivity (Wildman–Crippen MR) is 128 cm³/mol.